The number of aryl methyl sites for hydroxylation is 2. The van der Waals surface area contributed by atoms with E-state index in [2.05, 4.69) is 39.1 Å². The van der Waals surface area contributed by atoms with Crippen molar-refractivity contribution in [1.29, 1.82) is 0 Å². The van der Waals surface area contributed by atoms with Gasteiger partial charge in [0.2, 0.25) is 5.91 Å². The molecule has 1 aromatic carbocycles. The van der Waals surface area contributed by atoms with Crippen LogP contribution in [0.2, 0.25) is 0 Å². The average Bonchev–Trinajstić information content (AvgIpc) is 3.09. The second-order valence-electron chi connectivity index (χ2n) is 7.44. The minimum absolute atomic E-state index is 0.137. The van der Waals surface area contributed by atoms with Crippen molar-refractivity contribution in [2.75, 3.05) is 31.6 Å². The highest BCUT2D eigenvalue weighted by atomic mass is 16.2. The number of nitrogens with one attached hydrogen (secondary N) is 1. The van der Waals surface area contributed by atoms with Crippen molar-refractivity contribution < 1.29 is 4.79 Å². The fourth-order valence-electron chi connectivity index (χ4n) is 3.89. The predicted molar refractivity (Wildman–Crippen MR) is 107 cm³/mol. The van der Waals surface area contributed by atoms with Gasteiger partial charge in [-0.15, -0.1) is 0 Å². The summed E-state index contributed by atoms with van der Waals surface area (Å²) in [4.78, 5) is 34.8. The van der Waals surface area contributed by atoms with E-state index < -0.39 is 0 Å². The Kier molecular flexibility index (Phi) is 5.94. The lowest BCUT2D eigenvalue weighted by Gasteiger charge is -2.23. The first kappa shape index (κ1) is 19.1. The topological polar surface area (TPSA) is 69.3 Å². The number of amides is 1. The molecule has 1 amide bonds. The molecule has 1 aliphatic rings. The fourth-order valence-corrected chi connectivity index (χ4v) is 3.89. The van der Waals surface area contributed by atoms with Crippen LogP contribution in [0.25, 0.3) is 0 Å². The van der Waals surface area contributed by atoms with Gasteiger partial charge in [-0.25, -0.2) is 4.79 Å². The molecule has 1 fully saturated rings. The van der Waals surface area contributed by atoms with E-state index in [1.54, 1.807) is 0 Å². The smallest absolute Gasteiger partial charge is 0.345 e. The number of carbonyl (C=O) groups is 1. The summed E-state index contributed by atoms with van der Waals surface area (Å²) in [5.74, 6) is 0.635. The van der Waals surface area contributed by atoms with E-state index in [1.165, 1.54) is 5.69 Å². The normalized spacial score (nSPS) is 16.6. The van der Waals surface area contributed by atoms with E-state index in [-0.39, 0.29) is 11.6 Å². The summed E-state index contributed by atoms with van der Waals surface area (Å²) in [6.07, 6.45) is 2.14. The maximum absolute atomic E-state index is 12.6. The highest BCUT2D eigenvalue weighted by Crippen LogP contribution is 2.24. The number of rotatable bonds is 6. The van der Waals surface area contributed by atoms with Gasteiger partial charge in [-0.2, -0.15) is 4.98 Å². The molecule has 1 unspecified atom stereocenters. The maximum Gasteiger partial charge on any atom is 0.345 e. The number of H-pyrrole nitrogens is 1. The summed E-state index contributed by atoms with van der Waals surface area (Å²) < 4.78 is 0. The van der Waals surface area contributed by atoms with Crippen molar-refractivity contribution in [3.63, 3.8) is 0 Å². The predicted octanol–water partition coefficient (Wildman–Crippen LogP) is 2.30. The summed E-state index contributed by atoms with van der Waals surface area (Å²) in [6.45, 7) is 6.49. The van der Waals surface area contributed by atoms with Crippen LogP contribution in [0.1, 0.15) is 29.8 Å². The van der Waals surface area contributed by atoms with Gasteiger partial charge in [0.1, 0.15) is 0 Å². The summed E-state index contributed by atoms with van der Waals surface area (Å²) >= 11 is 0. The average molecular weight is 368 g/mol. The Morgan fingerprint density at radius 2 is 2.04 bits per heavy atom. The molecule has 1 aliphatic heterocycles. The molecule has 1 saturated heterocycles. The Bertz CT molecular complexity index is 821. The van der Waals surface area contributed by atoms with Crippen LogP contribution in [0.15, 0.2) is 35.1 Å². The van der Waals surface area contributed by atoms with Crippen molar-refractivity contribution in [3.05, 3.63) is 57.8 Å². The molecule has 144 valence electrons. The second-order valence-corrected chi connectivity index (χ2v) is 7.44. The number of nitrogens with zero attached hydrogens (tertiary/aromatic N) is 3. The highest BCUT2D eigenvalue weighted by molar-refractivity contribution is 5.76. The van der Waals surface area contributed by atoms with Gasteiger partial charge in [0.05, 0.1) is 0 Å². The van der Waals surface area contributed by atoms with Gasteiger partial charge in [0.15, 0.2) is 0 Å². The number of hydrogen-bond donors (Lipinski definition) is 1. The Balaban J connectivity index is 1.51. The summed E-state index contributed by atoms with van der Waals surface area (Å²) in [6, 6.07) is 10.4. The van der Waals surface area contributed by atoms with Crippen LogP contribution in [0.5, 0.6) is 0 Å². The van der Waals surface area contributed by atoms with Gasteiger partial charge in [-0.3, -0.25) is 4.79 Å². The van der Waals surface area contributed by atoms with E-state index in [9.17, 15) is 9.59 Å². The molecule has 0 aliphatic carbocycles. The summed E-state index contributed by atoms with van der Waals surface area (Å²) in [7, 11) is 1.89. The van der Waals surface area contributed by atoms with Gasteiger partial charge in [-0.05, 0) is 50.3 Å². The van der Waals surface area contributed by atoms with E-state index in [1.807, 2.05) is 31.9 Å². The molecule has 0 bridgehead atoms. The molecule has 1 N–H and O–H groups in total. The Morgan fingerprint density at radius 1 is 1.30 bits per heavy atom. The first-order chi connectivity index (χ1) is 12.9. The molecule has 1 aromatic heterocycles. The minimum Gasteiger partial charge on any atom is -0.371 e. The largest absolute Gasteiger partial charge is 0.371 e. The Morgan fingerprint density at radius 3 is 2.74 bits per heavy atom. The number of anilines is 1. The fraction of sp³-hybridized carbons (Fsp3) is 0.476. The molecule has 1 atom stereocenters. The molecule has 0 radical (unpaired) electrons. The lowest BCUT2D eigenvalue weighted by Crippen LogP contribution is -2.33. The van der Waals surface area contributed by atoms with E-state index >= 15 is 0 Å². The van der Waals surface area contributed by atoms with Crippen molar-refractivity contribution in [2.45, 2.75) is 33.1 Å². The van der Waals surface area contributed by atoms with Gasteiger partial charge >= 0.3 is 5.69 Å². The molecule has 0 saturated carbocycles. The zero-order valence-corrected chi connectivity index (χ0v) is 16.4. The zero-order chi connectivity index (χ0) is 19.4. The van der Waals surface area contributed by atoms with Crippen LogP contribution in [0.4, 0.5) is 5.69 Å². The molecule has 6 heteroatoms. The number of aromatic nitrogens is 2. The number of benzene rings is 1. The lowest BCUT2D eigenvalue weighted by atomic mass is 10.1. The summed E-state index contributed by atoms with van der Waals surface area (Å²) in [5, 5.41) is 0. The Hall–Kier alpha value is -2.63. The standard InChI is InChI=1S/C21H28N4O2/c1-15-19(16(2)23-21(27)22-15)9-10-20(26)24(3)13-17-11-12-25(14-17)18-7-5-4-6-8-18/h4-8,17H,9-14H2,1-3H3,(H,22,23,27). The van der Waals surface area contributed by atoms with Crippen LogP contribution < -0.4 is 10.6 Å². The summed E-state index contributed by atoms with van der Waals surface area (Å²) in [5.41, 5.74) is 3.40. The Labute approximate surface area is 160 Å². The molecule has 0 spiro atoms. The van der Waals surface area contributed by atoms with E-state index in [0.29, 0.717) is 24.5 Å². The monoisotopic (exact) mass is 368 g/mol. The first-order valence-electron chi connectivity index (χ1n) is 9.54. The zero-order valence-electron chi connectivity index (χ0n) is 16.4. The maximum atomic E-state index is 12.6. The quantitative estimate of drug-likeness (QED) is 0.849. The number of para-hydroxylation sites is 1. The van der Waals surface area contributed by atoms with Crippen LogP contribution in [0, 0.1) is 19.8 Å². The van der Waals surface area contributed by atoms with Crippen LogP contribution in [0.3, 0.4) is 0 Å². The van der Waals surface area contributed by atoms with Crippen LogP contribution in [-0.2, 0) is 11.2 Å². The van der Waals surface area contributed by atoms with Gasteiger partial charge in [0, 0.05) is 50.2 Å². The van der Waals surface area contributed by atoms with Crippen LogP contribution in [-0.4, -0.2) is 47.5 Å². The van der Waals surface area contributed by atoms with Crippen molar-refractivity contribution in [2.24, 2.45) is 5.92 Å². The molecule has 2 heterocycles. The third-order valence-electron chi connectivity index (χ3n) is 5.41. The van der Waals surface area contributed by atoms with E-state index in [0.717, 1.165) is 37.3 Å². The van der Waals surface area contributed by atoms with Gasteiger partial charge < -0.3 is 14.8 Å². The molecular weight excluding hydrogens is 340 g/mol. The third kappa shape index (κ3) is 4.76. The van der Waals surface area contributed by atoms with Gasteiger partial charge in [-0.1, -0.05) is 18.2 Å². The van der Waals surface area contributed by atoms with Crippen molar-refractivity contribution in [1.82, 2.24) is 14.9 Å². The molecule has 2 aromatic rings. The second kappa shape index (κ2) is 8.37. The van der Waals surface area contributed by atoms with Crippen molar-refractivity contribution >= 4 is 11.6 Å². The minimum atomic E-state index is -0.332. The molecule has 3 rings (SSSR count). The molecule has 6 nitrogen and oxygen atoms in total. The highest BCUT2D eigenvalue weighted by Gasteiger charge is 2.25. The first-order valence-corrected chi connectivity index (χ1v) is 9.54. The van der Waals surface area contributed by atoms with E-state index in [4.69, 9.17) is 0 Å². The third-order valence-corrected chi connectivity index (χ3v) is 5.41. The molecular formula is C21H28N4O2. The molecule has 27 heavy (non-hydrogen) atoms. The van der Waals surface area contributed by atoms with Crippen molar-refractivity contribution in [3.8, 4) is 0 Å². The number of hydrogen-bond acceptors (Lipinski definition) is 4. The van der Waals surface area contributed by atoms with Crippen LogP contribution >= 0.6 is 0 Å². The SMILES string of the molecule is Cc1nc(=O)[nH]c(C)c1CCC(=O)N(C)CC1CCN(c2ccccc2)C1. The van der Waals surface area contributed by atoms with Gasteiger partial charge in [0.25, 0.3) is 0 Å². The number of carbonyl (C=O) groups excluding carboxylic acids is 1. The lowest BCUT2D eigenvalue weighted by molar-refractivity contribution is -0.130. The number of aromatic amines is 1.